The molecule has 3 rings (SSSR count). The highest BCUT2D eigenvalue weighted by Crippen LogP contribution is 2.30. The van der Waals surface area contributed by atoms with Crippen LogP contribution in [0.5, 0.6) is 0 Å². The van der Waals surface area contributed by atoms with Crippen LogP contribution in [0.4, 0.5) is 11.4 Å². The van der Waals surface area contributed by atoms with E-state index in [1.165, 1.54) is 0 Å². The first-order valence-corrected chi connectivity index (χ1v) is 9.96. The first-order chi connectivity index (χ1) is 12.9. The van der Waals surface area contributed by atoms with Gasteiger partial charge in [0.2, 0.25) is 5.91 Å². The third-order valence-corrected chi connectivity index (χ3v) is 5.00. The summed E-state index contributed by atoms with van der Waals surface area (Å²) in [6.07, 6.45) is 1.77. The Kier molecular flexibility index (Phi) is 6.16. The summed E-state index contributed by atoms with van der Waals surface area (Å²) in [5.74, 6) is -0.120. The molecule has 0 radical (unpaired) electrons. The van der Waals surface area contributed by atoms with Gasteiger partial charge in [0, 0.05) is 34.0 Å². The van der Waals surface area contributed by atoms with E-state index in [4.69, 9.17) is 0 Å². The lowest BCUT2D eigenvalue weighted by Crippen LogP contribution is -2.38. The van der Waals surface area contributed by atoms with Crippen LogP contribution in [0.1, 0.15) is 36.2 Å². The Morgan fingerprint density at radius 1 is 1.15 bits per heavy atom. The minimum atomic E-state index is -0.0674. The van der Waals surface area contributed by atoms with Crippen molar-refractivity contribution in [2.45, 2.75) is 32.7 Å². The molecule has 0 atom stereocenters. The summed E-state index contributed by atoms with van der Waals surface area (Å²) >= 11 is 3.39. The molecule has 1 aliphatic rings. The van der Waals surface area contributed by atoms with Crippen LogP contribution in [0.2, 0.25) is 0 Å². The molecule has 0 spiro atoms. The molecule has 2 amide bonds. The summed E-state index contributed by atoms with van der Waals surface area (Å²) in [7, 11) is 0. The van der Waals surface area contributed by atoms with Gasteiger partial charge in [-0.3, -0.25) is 9.59 Å². The minimum absolute atomic E-state index is 0.0528. The van der Waals surface area contributed by atoms with Gasteiger partial charge in [0.1, 0.15) is 0 Å². The maximum atomic E-state index is 12.5. The fraction of sp³-hybridized carbons (Fsp3) is 0.333. The van der Waals surface area contributed by atoms with Crippen molar-refractivity contribution < 1.29 is 9.59 Å². The summed E-state index contributed by atoms with van der Waals surface area (Å²) in [6, 6.07) is 13.3. The fourth-order valence-electron chi connectivity index (χ4n) is 3.32. The molecule has 0 bridgehead atoms. The van der Waals surface area contributed by atoms with Crippen LogP contribution in [0, 0.1) is 0 Å². The molecule has 0 aromatic heterocycles. The van der Waals surface area contributed by atoms with Crippen LogP contribution in [0.25, 0.3) is 0 Å². The van der Waals surface area contributed by atoms with Gasteiger partial charge >= 0.3 is 0 Å². The van der Waals surface area contributed by atoms with E-state index in [-0.39, 0.29) is 24.4 Å². The average molecular weight is 430 g/mol. The lowest BCUT2D eigenvalue weighted by molar-refractivity contribution is -0.115. The predicted molar refractivity (Wildman–Crippen MR) is 112 cm³/mol. The molecule has 1 heterocycles. The highest BCUT2D eigenvalue weighted by atomic mass is 79.9. The monoisotopic (exact) mass is 429 g/mol. The summed E-state index contributed by atoms with van der Waals surface area (Å²) < 4.78 is 0.970. The molecule has 2 aromatic rings. The Labute approximate surface area is 168 Å². The van der Waals surface area contributed by atoms with Gasteiger partial charge in [-0.05, 0) is 68.7 Å². The van der Waals surface area contributed by atoms with Crippen molar-refractivity contribution in [3.8, 4) is 0 Å². The van der Waals surface area contributed by atoms with Gasteiger partial charge in [0.05, 0.1) is 6.54 Å². The molecule has 6 heteroatoms. The molecule has 0 fully saturated rings. The summed E-state index contributed by atoms with van der Waals surface area (Å²) in [5, 5.41) is 5.89. The Bertz CT molecular complexity index is 834. The second-order valence-corrected chi connectivity index (χ2v) is 7.93. The minimum Gasteiger partial charge on any atom is -0.362 e. The van der Waals surface area contributed by atoms with E-state index in [1.54, 1.807) is 0 Å². The molecule has 0 unspecified atom stereocenters. The Morgan fingerprint density at radius 3 is 2.59 bits per heavy atom. The predicted octanol–water partition coefficient (Wildman–Crippen LogP) is 3.98. The zero-order chi connectivity index (χ0) is 19.4. The molecule has 142 valence electrons. The van der Waals surface area contributed by atoms with Crippen molar-refractivity contribution in [3.63, 3.8) is 0 Å². The number of nitrogens with one attached hydrogen (secondary N) is 2. The van der Waals surface area contributed by atoms with E-state index in [0.29, 0.717) is 5.56 Å². The number of rotatable bonds is 5. The van der Waals surface area contributed by atoms with Crippen molar-refractivity contribution in [3.05, 3.63) is 58.1 Å². The van der Waals surface area contributed by atoms with Crippen molar-refractivity contribution in [1.29, 1.82) is 0 Å². The molecule has 5 nitrogen and oxygen atoms in total. The van der Waals surface area contributed by atoms with Crippen molar-refractivity contribution >= 4 is 39.1 Å². The van der Waals surface area contributed by atoms with Crippen LogP contribution in [0.15, 0.2) is 46.9 Å². The zero-order valence-electron chi connectivity index (χ0n) is 15.6. The van der Waals surface area contributed by atoms with Gasteiger partial charge in [-0.15, -0.1) is 0 Å². The van der Waals surface area contributed by atoms with Crippen LogP contribution < -0.4 is 15.5 Å². The van der Waals surface area contributed by atoms with Gasteiger partial charge in [0.25, 0.3) is 5.91 Å². The number of carbonyl (C=O) groups is 2. The fourth-order valence-corrected chi connectivity index (χ4v) is 3.59. The van der Waals surface area contributed by atoms with Crippen LogP contribution in [0.3, 0.4) is 0 Å². The van der Waals surface area contributed by atoms with E-state index in [2.05, 4.69) is 31.5 Å². The summed E-state index contributed by atoms with van der Waals surface area (Å²) in [6.45, 7) is 4.96. The van der Waals surface area contributed by atoms with Crippen LogP contribution in [-0.4, -0.2) is 30.9 Å². The van der Waals surface area contributed by atoms with Crippen molar-refractivity contribution in [2.75, 3.05) is 23.3 Å². The highest BCUT2D eigenvalue weighted by Gasteiger charge is 2.23. The Balaban J connectivity index is 1.75. The van der Waals surface area contributed by atoms with E-state index in [9.17, 15) is 9.59 Å². The number of hydrogen-bond acceptors (Lipinski definition) is 3. The highest BCUT2D eigenvalue weighted by molar-refractivity contribution is 9.10. The third-order valence-electron chi connectivity index (χ3n) is 4.47. The molecule has 2 aromatic carbocycles. The number of benzene rings is 2. The van der Waals surface area contributed by atoms with Gasteiger partial charge < -0.3 is 15.5 Å². The number of amides is 2. The lowest BCUT2D eigenvalue weighted by atomic mass is 9.95. The standard InChI is InChI=1S/C21H24BrN3O2/c1-14(2)23-21(27)18-5-3-7-19-17(18)6-4-12-25(19)13-20(26)24-16-10-8-15(22)9-11-16/h3,5,7-11,14H,4,6,12-13H2,1-2H3,(H,23,27)(H,24,26). The van der Waals surface area contributed by atoms with Crippen molar-refractivity contribution in [2.24, 2.45) is 0 Å². The molecule has 0 saturated heterocycles. The normalized spacial score (nSPS) is 13.3. The Morgan fingerprint density at radius 2 is 1.89 bits per heavy atom. The molecule has 1 aliphatic heterocycles. The molecular weight excluding hydrogens is 406 g/mol. The molecular formula is C21H24BrN3O2. The summed E-state index contributed by atoms with van der Waals surface area (Å²) in [4.78, 5) is 27.1. The van der Waals surface area contributed by atoms with Gasteiger partial charge in [-0.2, -0.15) is 0 Å². The number of hydrogen-bond donors (Lipinski definition) is 2. The number of fused-ring (bicyclic) bond motifs is 1. The maximum Gasteiger partial charge on any atom is 0.251 e. The first-order valence-electron chi connectivity index (χ1n) is 9.17. The van der Waals surface area contributed by atoms with Gasteiger partial charge in [-0.25, -0.2) is 0 Å². The van der Waals surface area contributed by atoms with E-state index >= 15 is 0 Å². The number of anilines is 2. The molecule has 2 N–H and O–H groups in total. The topological polar surface area (TPSA) is 61.4 Å². The van der Waals surface area contributed by atoms with Gasteiger partial charge in [-0.1, -0.05) is 22.0 Å². The first kappa shape index (κ1) is 19.4. The second kappa shape index (κ2) is 8.57. The number of carbonyl (C=O) groups excluding carboxylic acids is 2. The van der Waals surface area contributed by atoms with Crippen molar-refractivity contribution in [1.82, 2.24) is 5.32 Å². The average Bonchev–Trinajstić information content (AvgIpc) is 2.63. The van der Waals surface area contributed by atoms with E-state index in [1.807, 2.05) is 56.3 Å². The van der Waals surface area contributed by atoms with Gasteiger partial charge in [0.15, 0.2) is 0 Å². The van der Waals surface area contributed by atoms with E-state index in [0.717, 1.165) is 40.8 Å². The smallest absolute Gasteiger partial charge is 0.251 e. The molecule has 27 heavy (non-hydrogen) atoms. The Hall–Kier alpha value is -2.34. The lowest BCUT2D eigenvalue weighted by Gasteiger charge is -2.32. The second-order valence-electron chi connectivity index (χ2n) is 7.01. The molecule has 0 aliphatic carbocycles. The number of halogens is 1. The SMILES string of the molecule is CC(C)NC(=O)c1cccc2c1CCCN2CC(=O)Nc1ccc(Br)cc1. The number of nitrogens with zero attached hydrogens (tertiary/aromatic N) is 1. The quantitative estimate of drug-likeness (QED) is 0.755. The molecule has 0 saturated carbocycles. The van der Waals surface area contributed by atoms with Crippen LogP contribution >= 0.6 is 15.9 Å². The largest absolute Gasteiger partial charge is 0.362 e. The van der Waals surface area contributed by atoms with Crippen LogP contribution in [-0.2, 0) is 11.2 Å². The maximum absolute atomic E-state index is 12.5. The van der Waals surface area contributed by atoms with E-state index < -0.39 is 0 Å². The third kappa shape index (κ3) is 4.89. The zero-order valence-corrected chi connectivity index (χ0v) is 17.2. The summed E-state index contributed by atoms with van der Waals surface area (Å²) in [5.41, 5.74) is 3.48.